The van der Waals surface area contributed by atoms with Crippen molar-refractivity contribution in [2.75, 3.05) is 24.8 Å². The SMILES string of the molecule is CCOc1ccc(NC(=O)CSc2nnc(CNC(=O)c3ccc(OC)cc3)n2-c2ccc(C(F)(F)F)cc2)cc1. The number of nitrogens with zero attached hydrogens (tertiary/aromatic N) is 3. The van der Waals surface area contributed by atoms with E-state index in [-0.39, 0.29) is 29.2 Å². The number of alkyl halides is 3. The molecule has 0 atom stereocenters. The quantitative estimate of drug-likeness (QED) is 0.229. The van der Waals surface area contributed by atoms with Gasteiger partial charge >= 0.3 is 6.18 Å². The minimum Gasteiger partial charge on any atom is -0.497 e. The molecular formula is C28H26F3N5O4S. The summed E-state index contributed by atoms with van der Waals surface area (Å²) >= 11 is 1.05. The minimum absolute atomic E-state index is 0.0514. The number of ether oxygens (including phenoxy) is 2. The van der Waals surface area contributed by atoms with E-state index in [1.165, 1.54) is 23.8 Å². The van der Waals surface area contributed by atoms with Crippen LogP contribution in [0.25, 0.3) is 5.69 Å². The highest BCUT2D eigenvalue weighted by atomic mass is 32.2. The maximum atomic E-state index is 13.1. The zero-order valence-corrected chi connectivity index (χ0v) is 22.9. The fourth-order valence-electron chi connectivity index (χ4n) is 3.70. The van der Waals surface area contributed by atoms with Crippen molar-refractivity contribution in [1.29, 1.82) is 0 Å². The Morgan fingerprint density at radius 3 is 2.20 bits per heavy atom. The Hall–Kier alpha value is -4.52. The molecule has 214 valence electrons. The molecule has 4 rings (SSSR count). The van der Waals surface area contributed by atoms with Gasteiger partial charge in [-0.25, -0.2) is 0 Å². The third-order valence-electron chi connectivity index (χ3n) is 5.69. The molecule has 4 aromatic rings. The van der Waals surface area contributed by atoms with Gasteiger partial charge in [0.2, 0.25) is 5.91 Å². The maximum Gasteiger partial charge on any atom is 0.416 e. The van der Waals surface area contributed by atoms with E-state index in [0.29, 0.717) is 35.0 Å². The van der Waals surface area contributed by atoms with Gasteiger partial charge in [0.25, 0.3) is 5.91 Å². The van der Waals surface area contributed by atoms with Crippen LogP contribution in [0.15, 0.2) is 78.0 Å². The summed E-state index contributed by atoms with van der Waals surface area (Å²) in [5.41, 5.74) is 0.482. The topological polar surface area (TPSA) is 107 Å². The van der Waals surface area contributed by atoms with Crippen LogP contribution in [0.4, 0.5) is 18.9 Å². The summed E-state index contributed by atoms with van der Waals surface area (Å²) in [5, 5.41) is 14.1. The van der Waals surface area contributed by atoms with Gasteiger partial charge in [0.05, 0.1) is 31.6 Å². The molecule has 0 saturated heterocycles. The van der Waals surface area contributed by atoms with E-state index < -0.39 is 17.6 Å². The van der Waals surface area contributed by atoms with Crippen LogP contribution in [-0.2, 0) is 17.5 Å². The van der Waals surface area contributed by atoms with E-state index in [2.05, 4.69) is 20.8 Å². The standard InChI is InChI=1S/C28H26F3N5O4S/c1-3-40-23-14-8-20(9-15-23)33-25(37)17-41-27-35-34-24(16-32-26(38)18-4-12-22(39-2)13-5-18)36(27)21-10-6-19(7-11-21)28(29,30)31/h4-15H,3,16-17H2,1-2H3,(H,32,38)(H,33,37). The average molecular weight is 586 g/mol. The molecule has 1 aromatic heterocycles. The van der Waals surface area contributed by atoms with Gasteiger partial charge in [0, 0.05) is 16.9 Å². The lowest BCUT2D eigenvalue weighted by Crippen LogP contribution is -2.24. The summed E-state index contributed by atoms with van der Waals surface area (Å²) < 4.78 is 51.4. The van der Waals surface area contributed by atoms with Gasteiger partial charge in [-0.05, 0) is 79.7 Å². The van der Waals surface area contributed by atoms with Gasteiger partial charge < -0.3 is 20.1 Å². The lowest BCUT2D eigenvalue weighted by Gasteiger charge is -2.13. The summed E-state index contributed by atoms with van der Waals surface area (Å²) in [7, 11) is 1.52. The molecule has 13 heteroatoms. The lowest BCUT2D eigenvalue weighted by molar-refractivity contribution is -0.137. The number of halogens is 3. The third-order valence-corrected chi connectivity index (χ3v) is 6.62. The first-order valence-electron chi connectivity index (χ1n) is 12.4. The number of carbonyl (C=O) groups is 2. The molecule has 3 aromatic carbocycles. The number of anilines is 1. The molecule has 0 aliphatic rings. The number of carbonyl (C=O) groups excluding carboxylic acids is 2. The Balaban J connectivity index is 1.50. The molecule has 0 spiro atoms. The van der Waals surface area contributed by atoms with Gasteiger partial charge in [-0.15, -0.1) is 10.2 Å². The largest absolute Gasteiger partial charge is 0.497 e. The average Bonchev–Trinajstić information content (AvgIpc) is 3.38. The van der Waals surface area contributed by atoms with Crippen LogP contribution in [0.5, 0.6) is 11.5 Å². The first kappa shape index (κ1) is 29.5. The second-order valence-corrected chi connectivity index (χ2v) is 9.43. The molecule has 0 aliphatic carbocycles. The number of benzene rings is 3. The van der Waals surface area contributed by atoms with Crippen LogP contribution in [-0.4, -0.2) is 46.0 Å². The summed E-state index contributed by atoms with van der Waals surface area (Å²) in [6.07, 6.45) is -4.50. The normalized spacial score (nSPS) is 11.1. The Bertz CT molecular complexity index is 1470. The zero-order chi connectivity index (χ0) is 29.4. The van der Waals surface area contributed by atoms with Crippen LogP contribution in [0.2, 0.25) is 0 Å². The molecule has 9 nitrogen and oxygen atoms in total. The minimum atomic E-state index is -4.50. The number of rotatable bonds is 11. The van der Waals surface area contributed by atoms with Crippen LogP contribution >= 0.6 is 11.8 Å². The van der Waals surface area contributed by atoms with Crippen LogP contribution in [0.1, 0.15) is 28.7 Å². The number of methoxy groups -OCH3 is 1. The van der Waals surface area contributed by atoms with Crippen LogP contribution < -0.4 is 20.1 Å². The Kier molecular flexibility index (Phi) is 9.50. The monoisotopic (exact) mass is 585 g/mol. The first-order chi connectivity index (χ1) is 19.7. The number of hydrogen-bond acceptors (Lipinski definition) is 7. The van der Waals surface area contributed by atoms with Gasteiger partial charge in [0.15, 0.2) is 11.0 Å². The smallest absolute Gasteiger partial charge is 0.416 e. The van der Waals surface area contributed by atoms with E-state index in [1.807, 2.05) is 6.92 Å². The second-order valence-electron chi connectivity index (χ2n) is 8.48. The number of thioether (sulfide) groups is 1. The molecule has 0 unspecified atom stereocenters. The van der Waals surface area contributed by atoms with Crippen LogP contribution in [0.3, 0.4) is 0 Å². The lowest BCUT2D eigenvalue weighted by atomic mass is 10.2. The molecule has 2 amide bonds. The van der Waals surface area contributed by atoms with Crippen LogP contribution in [0, 0.1) is 0 Å². The number of aromatic nitrogens is 3. The predicted octanol–water partition coefficient (Wildman–Crippen LogP) is 5.35. The molecule has 0 fully saturated rings. The van der Waals surface area contributed by atoms with Gasteiger partial charge in [0.1, 0.15) is 11.5 Å². The van der Waals surface area contributed by atoms with Crippen molar-refractivity contribution in [2.24, 2.45) is 0 Å². The molecular weight excluding hydrogens is 559 g/mol. The van der Waals surface area contributed by atoms with E-state index in [0.717, 1.165) is 23.9 Å². The molecule has 0 saturated carbocycles. The number of hydrogen-bond donors (Lipinski definition) is 2. The van der Waals surface area contributed by atoms with E-state index in [1.54, 1.807) is 48.5 Å². The first-order valence-corrected chi connectivity index (χ1v) is 13.4. The van der Waals surface area contributed by atoms with E-state index in [4.69, 9.17) is 9.47 Å². The Morgan fingerprint density at radius 1 is 0.927 bits per heavy atom. The van der Waals surface area contributed by atoms with Gasteiger partial charge in [-0.2, -0.15) is 13.2 Å². The van der Waals surface area contributed by atoms with Crippen molar-refractivity contribution < 1.29 is 32.2 Å². The van der Waals surface area contributed by atoms with E-state index >= 15 is 0 Å². The molecule has 41 heavy (non-hydrogen) atoms. The second kappa shape index (κ2) is 13.2. The molecule has 1 heterocycles. The van der Waals surface area contributed by atoms with Crippen molar-refractivity contribution in [3.63, 3.8) is 0 Å². The summed E-state index contributed by atoms with van der Waals surface area (Å²) in [6.45, 7) is 2.32. The van der Waals surface area contributed by atoms with Crippen molar-refractivity contribution in [3.8, 4) is 17.2 Å². The van der Waals surface area contributed by atoms with Crippen molar-refractivity contribution in [2.45, 2.75) is 24.8 Å². The van der Waals surface area contributed by atoms with Crippen molar-refractivity contribution in [1.82, 2.24) is 20.1 Å². The van der Waals surface area contributed by atoms with Crippen molar-refractivity contribution >= 4 is 29.3 Å². The fraction of sp³-hybridized carbons (Fsp3) is 0.214. The molecule has 0 bridgehead atoms. The molecule has 2 N–H and O–H groups in total. The van der Waals surface area contributed by atoms with E-state index in [9.17, 15) is 22.8 Å². The number of amides is 2. The number of nitrogens with one attached hydrogen (secondary N) is 2. The zero-order valence-electron chi connectivity index (χ0n) is 22.1. The fourth-order valence-corrected chi connectivity index (χ4v) is 4.47. The summed E-state index contributed by atoms with van der Waals surface area (Å²) in [5.74, 6) is 0.771. The highest BCUT2D eigenvalue weighted by Gasteiger charge is 2.30. The Labute approximate surface area is 238 Å². The van der Waals surface area contributed by atoms with Crippen molar-refractivity contribution in [3.05, 3.63) is 89.7 Å². The highest BCUT2D eigenvalue weighted by molar-refractivity contribution is 7.99. The molecule has 0 radical (unpaired) electrons. The Morgan fingerprint density at radius 2 is 1.59 bits per heavy atom. The highest BCUT2D eigenvalue weighted by Crippen LogP contribution is 2.31. The maximum absolute atomic E-state index is 13.1. The van der Waals surface area contributed by atoms with Gasteiger partial charge in [-0.3, -0.25) is 14.2 Å². The van der Waals surface area contributed by atoms with Gasteiger partial charge in [-0.1, -0.05) is 11.8 Å². The summed E-state index contributed by atoms with van der Waals surface area (Å²) in [6, 6.07) is 17.8. The molecule has 0 aliphatic heterocycles. The summed E-state index contributed by atoms with van der Waals surface area (Å²) in [4.78, 5) is 25.3. The predicted molar refractivity (Wildman–Crippen MR) is 147 cm³/mol. The third kappa shape index (κ3) is 7.78.